The van der Waals surface area contributed by atoms with Crippen molar-refractivity contribution >= 4 is 16.3 Å². The fourth-order valence-electron chi connectivity index (χ4n) is 2.56. The van der Waals surface area contributed by atoms with Crippen molar-refractivity contribution in [3.8, 4) is 18.1 Å². The van der Waals surface area contributed by atoms with E-state index >= 15 is 0 Å². The second-order valence-corrected chi connectivity index (χ2v) is 5.07. The first-order chi connectivity index (χ1) is 9.69. The third kappa shape index (κ3) is 2.70. The quantitative estimate of drug-likeness (QED) is 0.587. The predicted molar refractivity (Wildman–Crippen MR) is 86.7 cm³/mol. The maximum absolute atomic E-state index is 10.2. The highest BCUT2D eigenvalue weighted by atomic mass is 16.3. The van der Waals surface area contributed by atoms with Gasteiger partial charge < -0.3 is 5.11 Å². The van der Waals surface area contributed by atoms with E-state index in [9.17, 15) is 5.11 Å². The summed E-state index contributed by atoms with van der Waals surface area (Å²) in [5.74, 6) is 2.98. The minimum Gasteiger partial charge on any atom is -0.507 e. The maximum atomic E-state index is 10.2. The highest BCUT2D eigenvalue weighted by Gasteiger charge is 2.11. The van der Waals surface area contributed by atoms with Gasteiger partial charge in [0, 0.05) is 11.1 Å². The Balaban J connectivity index is 2.49. The molecule has 20 heavy (non-hydrogen) atoms. The second kappa shape index (κ2) is 6.30. The van der Waals surface area contributed by atoms with E-state index in [4.69, 9.17) is 6.42 Å². The molecule has 0 aliphatic carbocycles. The summed E-state index contributed by atoms with van der Waals surface area (Å²) in [6.07, 6.45) is 9.90. The second-order valence-electron chi connectivity index (χ2n) is 5.07. The van der Waals surface area contributed by atoms with E-state index < -0.39 is 0 Å². The predicted octanol–water partition coefficient (Wildman–Crippen LogP) is 5.12. The third-order valence-corrected chi connectivity index (χ3v) is 3.63. The van der Waals surface area contributed by atoms with Crippen LogP contribution in [0, 0.1) is 12.3 Å². The van der Waals surface area contributed by atoms with Gasteiger partial charge in [0.05, 0.1) is 0 Å². The minimum atomic E-state index is 0.285. The van der Waals surface area contributed by atoms with Crippen LogP contribution in [-0.4, -0.2) is 5.11 Å². The Kier molecular flexibility index (Phi) is 4.48. The van der Waals surface area contributed by atoms with Gasteiger partial charge in [0.1, 0.15) is 5.75 Å². The Morgan fingerprint density at radius 3 is 2.70 bits per heavy atom. The van der Waals surface area contributed by atoms with Crippen molar-refractivity contribution in [1.82, 2.24) is 0 Å². The first-order valence-electron chi connectivity index (χ1n) is 7.08. The van der Waals surface area contributed by atoms with Crippen LogP contribution in [0.25, 0.3) is 16.3 Å². The molecule has 0 amide bonds. The van der Waals surface area contributed by atoms with Gasteiger partial charge in [-0.3, -0.25) is 0 Å². The lowest BCUT2D eigenvalue weighted by atomic mass is 9.93. The summed E-state index contributed by atoms with van der Waals surface area (Å²) in [6, 6.07) is 9.44. The fourth-order valence-corrected chi connectivity index (χ4v) is 2.56. The van der Waals surface area contributed by atoms with Crippen LogP contribution in [0.1, 0.15) is 43.7 Å². The maximum Gasteiger partial charge on any atom is 0.123 e. The number of allylic oxidation sites excluding steroid dienone is 1. The number of unbranched alkanes of at least 4 members (excludes halogenated alkanes) is 2. The Labute approximate surface area is 121 Å². The first-order valence-corrected chi connectivity index (χ1v) is 7.08. The third-order valence-electron chi connectivity index (χ3n) is 3.63. The van der Waals surface area contributed by atoms with Crippen LogP contribution in [0.15, 0.2) is 36.9 Å². The van der Waals surface area contributed by atoms with Crippen molar-refractivity contribution in [3.05, 3.63) is 48.0 Å². The fraction of sp³-hybridized carbons (Fsp3) is 0.263. The van der Waals surface area contributed by atoms with Gasteiger partial charge in [-0.2, -0.15) is 0 Å². The molecule has 0 aliphatic heterocycles. The van der Waals surface area contributed by atoms with Crippen molar-refractivity contribution in [2.24, 2.45) is 0 Å². The summed E-state index contributed by atoms with van der Waals surface area (Å²) >= 11 is 0. The van der Waals surface area contributed by atoms with Crippen molar-refractivity contribution in [2.45, 2.75) is 32.6 Å². The van der Waals surface area contributed by atoms with Crippen LogP contribution < -0.4 is 0 Å². The molecule has 2 aromatic rings. The lowest BCUT2D eigenvalue weighted by Gasteiger charge is -2.13. The van der Waals surface area contributed by atoms with Crippen molar-refractivity contribution in [2.75, 3.05) is 0 Å². The topological polar surface area (TPSA) is 20.2 Å². The number of benzene rings is 2. The minimum absolute atomic E-state index is 0.285. The molecule has 1 heteroatoms. The summed E-state index contributed by atoms with van der Waals surface area (Å²) in [7, 11) is 0. The van der Waals surface area contributed by atoms with E-state index in [-0.39, 0.29) is 5.75 Å². The van der Waals surface area contributed by atoms with Crippen molar-refractivity contribution in [1.29, 1.82) is 0 Å². The number of terminal acetylenes is 1. The molecule has 0 aliphatic rings. The van der Waals surface area contributed by atoms with Gasteiger partial charge in [-0.1, -0.05) is 44.4 Å². The van der Waals surface area contributed by atoms with Crippen LogP contribution in [-0.2, 0) is 0 Å². The molecule has 0 saturated carbocycles. The summed E-state index contributed by atoms with van der Waals surface area (Å²) in [4.78, 5) is 0. The Bertz CT molecular complexity index is 674. The number of phenolic OH excluding ortho intramolecular Hbond substituents is 1. The summed E-state index contributed by atoms with van der Waals surface area (Å²) in [5, 5.41) is 12.2. The highest BCUT2D eigenvalue weighted by molar-refractivity contribution is 5.98. The zero-order chi connectivity index (χ0) is 14.5. The molecule has 0 radical (unpaired) electrons. The number of fused-ring (bicyclic) bond motifs is 1. The molecule has 2 aromatic carbocycles. The van der Waals surface area contributed by atoms with Gasteiger partial charge >= 0.3 is 0 Å². The van der Waals surface area contributed by atoms with Crippen molar-refractivity contribution < 1.29 is 5.11 Å². The van der Waals surface area contributed by atoms with Gasteiger partial charge in [-0.15, -0.1) is 6.42 Å². The van der Waals surface area contributed by atoms with Crippen LogP contribution in [0.4, 0.5) is 0 Å². The van der Waals surface area contributed by atoms with Crippen molar-refractivity contribution in [3.63, 3.8) is 0 Å². The summed E-state index contributed by atoms with van der Waals surface area (Å²) < 4.78 is 0. The SMILES string of the molecule is C#Cc1cccc2c(C(=C)CCCCC)c(O)ccc12. The molecule has 0 unspecified atom stereocenters. The molecular weight excluding hydrogens is 244 g/mol. The average molecular weight is 264 g/mol. The normalized spacial score (nSPS) is 10.4. The molecule has 0 heterocycles. The van der Waals surface area contributed by atoms with Crippen LogP contribution >= 0.6 is 0 Å². The molecule has 0 saturated heterocycles. The number of aromatic hydroxyl groups is 1. The zero-order valence-corrected chi connectivity index (χ0v) is 11.9. The Hall–Kier alpha value is -2.20. The molecule has 0 bridgehead atoms. The largest absolute Gasteiger partial charge is 0.507 e. The van der Waals surface area contributed by atoms with E-state index in [1.165, 1.54) is 12.8 Å². The molecule has 0 fully saturated rings. The van der Waals surface area contributed by atoms with E-state index in [0.717, 1.165) is 40.3 Å². The number of phenols is 1. The average Bonchev–Trinajstić information content (AvgIpc) is 2.46. The van der Waals surface area contributed by atoms with Crippen LogP contribution in [0.5, 0.6) is 5.75 Å². The molecule has 102 valence electrons. The molecular formula is C19H20O. The van der Waals surface area contributed by atoms with Gasteiger partial charge in [0.15, 0.2) is 0 Å². The van der Waals surface area contributed by atoms with Gasteiger partial charge in [0.25, 0.3) is 0 Å². The van der Waals surface area contributed by atoms with Crippen LogP contribution in [0.2, 0.25) is 0 Å². The number of rotatable bonds is 5. The molecule has 0 atom stereocenters. The molecule has 1 nitrogen and oxygen atoms in total. The van der Waals surface area contributed by atoms with E-state index in [1.54, 1.807) is 6.07 Å². The standard InChI is InChI=1S/C19H20O/c1-4-6-7-9-14(3)19-17-11-8-10-15(5-2)16(17)12-13-18(19)20/h2,8,10-13,20H,3-4,6-7,9H2,1H3. The molecule has 2 rings (SSSR count). The van der Waals surface area contributed by atoms with Crippen LogP contribution in [0.3, 0.4) is 0 Å². The number of hydrogen-bond donors (Lipinski definition) is 1. The Morgan fingerprint density at radius 2 is 2.00 bits per heavy atom. The van der Waals surface area contributed by atoms with E-state index in [1.807, 2.05) is 24.3 Å². The zero-order valence-electron chi connectivity index (χ0n) is 11.9. The molecule has 1 N–H and O–H groups in total. The highest BCUT2D eigenvalue weighted by Crippen LogP contribution is 2.35. The van der Waals surface area contributed by atoms with E-state index in [0.29, 0.717) is 0 Å². The summed E-state index contributed by atoms with van der Waals surface area (Å²) in [5.41, 5.74) is 2.68. The smallest absolute Gasteiger partial charge is 0.123 e. The molecule has 0 spiro atoms. The molecule has 0 aromatic heterocycles. The summed E-state index contributed by atoms with van der Waals surface area (Å²) in [6.45, 7) is 6.33. The first kappa shape index (κ1) is 14.2. The van der Waals surface area contributed by atoms with Gasteiger partial charge in [-0.05, 0) is 47.4 Å². The number of hydrogen-bond acceptors (Lipinski definition) is 1. The van der Waals surface area contributed by atoms with Gasteiger partial charge in [-0.25, -0.2) is 0 Å². The lowest BCUT2D eigenvalue weighted by Crippen LogP contribution is -1.90. The Morgan fingerprint density at radius 1 is 1.20 bits per heavy atom. The van der Waals surface area contributed by atoms with E-state index in [2.05, 4.69) is 19.4 Å². The monoisotopic (exact) mass is 264 g/mol. The lowest BCUT2D eigenvalue weighted by molar-refractivity contribution is 0.474. The van der Waals surface area contributed by atoms with Gasteiger partial charge in [0.2, 0.25) is 0 Å².